The summed E-state index contributed by atoms with van der Waals surface area (Å²) in [5, 5.41) is 40.0. The van der Waals surface area contributed by atoms with Gasteiger partial charge in [0.05, 0.1) is 13.2 Å². The zero-order valence-electron chi connectivity index (χ0n) is 34.4. The van der Waals surface area contributed by atoms with Crippen LogP contribution >= 0.6 is 0 Å². The van der Waals surface area contributed by atoms with Gasteiger partial charge < -0.3 is 39.4 Å². The van der Waals surface area contributed by atoms with Gasteiger partial charge in [-0.2, -0.15) is 0 Å². The van der Waals surface area contributed by atoms with E-state index in [4.69, 9.17) is 18.9 Å². The fourth-order valence-corrected chi connectivity index (χ4v) is 6.19. The SMILES string of the molecule is CCCCCC=CCC=CCCCCCCCC(=O)OC[C@@H](CO[C@@H]1O[C@H](CO)[C@H](O)[C@H](O)[C@H]1O)OC(=O)CCCCCCCC=CCC=CCCCCC. The zero-order chi connectivity index (χ0) is 40.2. The van der Waals surface area contributed by atoms with Crippen LogP contribution in [-0.4, -0.2) is 89.0 Å². The molecule has 0 bridgehead atoms. The van der Waals surface area contributed by atoms with Crippen molar-refractivity contribution in [2.75, 3.05) is 19.8 Å². The molecule has 1 aliphatic rings. The molecule has 1 aliphatic heterocycles. The summed E-state index contributed by atoms with van der Waals surface area (Å²) in [6, 6.07) is 0. The summed E-state index contributed by atoms with van der Waals surface area (Å²) in [5.74, 6) is -0.842. The summed E-state index contributed by atoms with van der Waals surface area (Å²) in [6.45, 7) is 3.33. The molecule has 318 valence electrons. The highest BCUT2D eigenvalue weighted by Crippen LogP contribution is 2.22. The van der Waals surface area contributed by atoms with E-state index >= 15 is 0 Å². The number of allylic oxidation sites excluding steroid dienone is 8. The van der Waals surface area contributed by atoms with E-state index in [-0.39, 0.29) is 26.1 Å². The normalized spacial score (nSPS) is 21.0. The highest BCUT2D eigenvalue weighted by Gasteiger charge is 2.44. The molecular formula is C45H78O10. The van der Waals surface area contributed by atoms with E-state index in [9.17, 15) is 30.0 Å². The lowest BCUT2D eigenvalue weighted by molar-refractivity contribution is -0.305. The number of ether oxygens (including phenoxy) is 4. The maximum Gasteiger partial charge on any atom is 0.306 e. The van der Waals surface area contributed by atoms with Gasteiger partial charge in [-0.05, 0) is 77.0 Å². The van der Waals surface area contributed by atoms with Crippen LogP contribution < -0.4 is 0 Å². The van der Waals surface area contributed by atoms with Crippen molar-refractivity contribution in [3.05, 3.63) is 48.6 Å². The molecule has 0 aliphatic carbocycles. The number of esters is 2. The van der Waals surface area contributed by atoms with Gasteiger partial charge in [-0.3, -0.25) is 9.59 Å². The second-order valence-corrected chi connectivity index (χ2v) is 14.8. The van der Waals surface area contributed by atoms with Crippen molar-refractivity contribution in [1.82, 2.24) is 0 Å². The molecule has 0 radical (unpaired) electrons. The van der Waals surface area contributed by atoms with Gasteiger partial charge in [0.25, 0.3) is 0 Å². The van der Waals surface area contributed by atoms with E-state index in [0.717, 1.165) is 83.5 Å². The van der Waals surface area contributed by atoms with Gasteiger partial charge >= 0.3 is 11.9 Å². The summed E-state index contributed by atoms with van der Waals surface area (Å²) in [4.78, 5) is 25.3. The smallest absolute Gasteiger partial charge is 0.306 e. The molecule has 1 fully saturated rings. The molecule has 0 aromatic heterocycles. The largest absolute Gasteiger partial charge is 0.462 e. The molecule has 1 rings (SSSR count). The Kier molecular flexibility index (Phi) is 33.2. The van der Waals surface area contributed by atoms with Gasteiger partial charge in [0.2, 0.25) is 0 Å². The molecule has 0 amide bonds. The average Bonchev–Trinajstić information content (AvgIpc) is 3.18. The van der Waals surface area contributed by atoms with Gasteiger partial charge in [0.1, 0.15) is 31.0 Å². The lowest BCUT2D eigenvalue weighted by Crippen LogP contribution is -2.59. The van der Waals surface area contributed by atoms with E-state index in [1.54, 1.807) is 0 Å². The molecule has 4 N–H and O–H groups in total. The minimum Gasteiger partial charge on any atom is -0.462 e. The highest BCUT2D eigenvalue weighted by atomic mass is 16.7. The minimum atomic E-state index is -1.60. The number of aliphatic hydroxyl groups is 4. The first kappa shape index (κ1) is 50.7. The number of rotatable bonds is 35. The van der Waals surface area contributed by atoms with Crippen LogP contribution in [0.5, 0.6) is 0 Å². The Labute approximate surface area is 333 Å². The van der Waals surface area contributed by atoms with Crippen molar-refractivity contribution in [1.29, 1.82) is 0 Å². The minimum absolute atomic E-state index is 0.209. The number of carbonyl (C=O) groups is 2. The molecule has 0 aromatic carbocycles. The zero-order valence-corrected chi connectivity index (χ0v) is 34.4. The quantitative estimate of drug-likeness (QED) is 0.0279. The third kappa shape index (κ3) is 27.8. The predicted molar refractivity (Wildman–Crippen MR) is 219 cm³/mol. The van der Waals surface area contributed by atoms with Crippen LogP contribution in [-0.2, 0) is 28.5 Å². The first-order chi connectivity index (χ1) is 26.8. The topological polar surface area (TPSA) is 152 Å². The van der Waals surface area contributed by atoms with Gasteiger partial charge in [-0.25, -0.2) is 0 Å². The second-order valence-electron chi connectivity index (χ2n) is 14.8. The first-order valence-corrected chi connectivity index (χ1v) is 21.7. The Bertz CT molecular complexity index is 1040. The second kappa shape index (κ2) is 36.0. The molecular weight excluding hydrogens is 700 g/mol. The van der Waals surface area contributed by atoms with Crippen molar-refractivity contribution in [3.63, 3.8) is 0 Å². The van der Waals surface area contributed by atoms with E-state index in [0.29, 0.717) is 12.8 Å². The number of aliphatic hydroxyl groups excluding tert-OH is 4. The molecule has 0 saturated carbocycles. The molecule has 10 nitrogen and oxygen atoms in total. The summed E-state index contributed by atoms with van der Waals surface area (Å²) in [5.41, 5.74) is 0. The molecule has 6 atom stereocenters. The Hall–Kier alpha value is -2.34. The maximum atomic E-state index is 12.7. The predicted octanol–water partition coefficient (Wildman–Crippen LogP) is 8.88. The Morgan fingerprint density at radius 3 is 1.51 bits per heavy atom. The summed E-state index contributed by atoms with van der Waals surface area (Å²) in [6.07, 6.45) is 33.9. The number of carbonyl (C=O) groups excluding carboxylic acids is 2. The van der Waals surface area contributed by atoms with Crippen molar-refractivity contribution >= 4 is 11.9 Å². The standard InChI is InChI=1S/C45H78O10/c1-3-5-7-9-11-13-15-17-19-21-23-25-27-29-31-33-40(47)52-36-38(37-53-45-44(51)43(50)42(49)39(35-46)55-45)54-41(48)34-32-30-28-26-24-22-20-18-16-14-12-10-8-6-4-2/h11-14,17-20,38-39,42-46,49-51H,3-10,15-16,21-37H2,1-2H3/t38-,39+,42-,43-,44+,45+/m0/s1. The number of hydrogen-bond donors (Lipinski definition) is 4. The van der Waals surface area contributed by atoms with Gasteiger partial charge in [-0.15, -0.1) is 0 Å². The average molecular weight is 779 g/mol. The lowest BCUT2D eigenvalue weighted by Gasteiger charge is -2.39. The van der Waals surface area contributed by atoms with E-state index in [2.05, 4.69) is 62.5 Å². The third-order valence-corrected chi connectivity index (χ3v) is 9.69. The summed E-state index contributed by atoms with van der Waals surface area (Å²) in [7, 11) is 0. The van der Waals surface area contributed by atoms with Crippen LogP contribution in [0.4, 0.5) is 0 Å². The first-order valence-electron chi connectivity index (χ1n) is 21.7. The third-order valence-electron chi connectivity index (χ3n) is 9.69. The van der Waals surface area contributed by atoms with E-state index in [1.165, 1.54) is 44.9 Å². The van der Waals surface area contributed by atoms with Crippen LogP contribution in [0.2, 0.25) is 0 Å². The van der Waals surface area contributed by atoms with Gasteiger partial charge in [0.15, 0.2) is 12.4 Å². The van der Waals surface area contributed by atoms with Gasteiger partial charge in [-0.1, -0.05) is 127 Å². The molecule has 1 saturated heterocycles. The lowest BCUT2D eigenvalue weighted by atomic mass is 9.99. The molecule has 0 unspecified atom stereocenters. The number of hydrogen-bond acceptors (Lipinski definition) is 10. The van der Waals surface area contributed by atoms with E-state index < -0.39 is 55.4 Å². The van der Waals surface area contributed by atoms with Crippen molar-refractivity contribution in [2.24, 2.45) is 0 Å². The van der Waals surface area contributed by atoms with Crippen molar-refractivity contribution in [3.8, 4) is 0 Å². The fraction of sp³-hybridized carbons (Fsp3) is 0.778. The Morgan fingerprint density at radius 1 is 0.564 bits per heavy atom. The van der Waals surface area contributed by atoms with Gasteiger partial charge in [0, 0.05) is 12.8 Å². The number of unbranched alkanes of at least 4 members (excludes halogenated alkanes) is 16. The van der Waals surface area contributed by atoms with Crippen LogP contribution in [0, 0.1) is 0 Å². The molecule has 10 heteroatoms. The van der Waals surface area contributed by atoms with Crippen LogP contribution in [0.3, 0.4) is 0 Å². The van der Waals surface area contributed by atoms with Crippen molar-refractivity contribution < 1.29 is 49.0 Å². The maximum absolute atomic E-state index is 12.7. The molecule has 0 aromatic rings. The Balaban J connectivity index is 2.38. The van der Waals surface area contributed by atoms with Crippen LogP contribution in [0.25, 0.3) is 0 Å². The van der Waals surface area contributed by atoms with Crippen molar-refractivity contribution in [2.45, 2.75) is 205 Å². The summed E-state index contributed by atoms with van der Waals surface area (Å²) >= 11 is 0. The molecule has 55 heavy (non-hydrogen) atoms. The van der Waals surface area contributed by atoms with E-state index in [1.807, 2.05) is 0 Å². The molecule has 1 heterocycles. The van der Waals surface area contributed by atoms with Crippen LogP contribution in [0.15, 0.2) is 48.6 Å². The highest BCUT2D eigenvalue weighted by molar-refractivity contribution is 5.70. The monoisotopic (exact) mass is 779 g/mol. The Morgan fingerprint density at radius 2 is 1.02 bits per heavy atom. The summed E-state index contributed by atoms with van der Waals surface area (Å²) < 4.78 is 22.1. The van der Waals surface area contributed by atoms with Crippen LogP contribution in [0.1, 0.15) is 168 Å². The molecule has 0 spiro atoms. The fourth-order valence-electron chi connectivity index (χ4n) is 6.19.